The lowest BCUT2D eigenvalue weighted by atomic mass is 9.87. The number of methoxy groups -OCH3 is 1. The van der Waals surface area contributed by atoms with Gasteiger partial charge in [0.15, 0.2) is 0 Å². The number of rotatable bonds is 6. The van der Waals surface area contributed by atoms with Gasteiger partial charge in [0, 0.05) is 23.6 Å². The molecule has 2 amide bonds. The van der Waals surface area contributed by atoms with Gasteiger partial charge in [0.1, 0.15) is 5.75 Å². The van der Waals surface area contributed by atoms with Gasteiger partial charge in [-0.1, -0.05) is 44.5 Å². The number of ether oxygens (including phenoxy) is 1. The molecular formula is C21H25ClN2O3. The zero-order valence-corrected chi connectivity index (χ0v) is 16.8. The summed E-state index contributed by atoms with van der Waals surface area (Å²) in [5, 5.41) is 6.00. The fourth-order valence-corrected chi connectivity index (χ4v) is 2.68. The Morgan fingerprint density at radius 1 is 1.07 bits per heavy atom. The molecule has 0 heterocycles. The van der Waals surface area contributed by atoms with Gasteiger partial charge in [0.25, 0.3) is 5.91 Å². The number of nitrogens with one attached hydrogen (secondary N) is 2. The lowest BCUT2D eigenvalue weighted by molar-refractivity contribution is -0.116. The molecule has 0 unspecified atom stereocenters. The van der Waals surface area contributed by atoms with Crippen molar-refractivity contribution in [1.82, 2.24) is 5.32 Å². The highest BCUT2D eigenvalue weighted by molar-refractivity contribution is 6.31. The van der Waals surface area contributed by atoms with Crippen LogP contribution in [-0.2, 0) is 10.2 Å². The summed E-state index contributed by atoms with van der Waals surface area (Å²) in [7, 11) is 1.52. The highest BCUT2D eigenvalue weighted by Crippen LogP contribution is 2.27. The van der Waals surface area contributed by atoms with E-state index >= 15 is 0 Å². The molecule has 0 aliphatic rings. The Morgan fingerprint density at radius 2 is 1.74 bits per heavy atom. The van der Waals surface area contributed by atoms with Crippen LogP contribution in [0.25, 0.3) is 0 Å². The molecule has 5 nitrogen and oxygen atoms in total. The molecular weight excluding hydrogens is 364 g/mol. The molecule has 0 aromatic heterocycles. The summed E-state index contributed by atoms with van der Waals surface area (Å²) in [5.74, 6) is 0.0817. The fraction of sp³-hybridized carbons (Fsp3) is 0.333. The average Bonchev–Trinajstić information content (AvgIpc) is 2.61. The van der Waals surface area contributed by atoms with Crippen molar-refractivity contribution in [3.8, 4) is 5.75 Å². The normalized spacial score (nSPS) is 11.0. The summed E-state index contributed by atoms with van der Waals surface area (Å²) in [6, 6.07) is 12.5. The lowest BCUT2D eigenvalue weighted by Gasteiger charge is -2.19. The first kappa shape index (κ1) is 20.8. The van der Waals surface area contributed by atoms with E-state index in [1.165, 1.54) is 7.11 Å². The highest BCUT2D eigenvalue weighted by Gasteiger charge is 2.14. The Hall–Kier alpha value is -2.53. The second kappa shape index (κ2) is 8.91. The maximum absolute atomic E-state index is 12.2. The number of amides is 2. The Balaban J connectivity index is 1.86. The van der Waals surface area contributed by atoms with Crippen molar-refractivity contribution in [2.45, 2.75) is 32.6 Å². The van der Waals surface area contributed by atoms with E-state index in [-0.39, 0.29) is 30.2 Å². The largest absolute Gasteiger partial charge is 0.495 e. The van der Waals surface area contributed by atoms with Gasteiger partial charge in [-0.3, -0.25) is 9.59 Å². The number of hydrogen-bond donors (Lipinski definition) is 2. The molecule has 2 rings (SSSR count). The first-order valence-electron chi connectivity index (χ1n) is 8.73. The van der Waals surface area contributed by atoms with Crippen molar-refractivity contribution in [2.75, 3.05) is 19.0 Å². The molecule has 0 bridgehead atoms. The Morgan fingerprint density at radius 3 is 2.33 bits per heavy atom. The molecule has 0 aliphatic carbocycles. The summed E-state index contributed by atoms with van der Waals surface area (Å²) >= 11 is 5.95. The summed E-state index contributed by atoms with van der Waals surface area (Å²) in [6.45, 7) is 6.59. The Bertz CT molecular complexity index is 811. The third kappa shape index (κ3) is 6.00. The molecule has 0 saturated heterocycles. The van der Waals surface area contributed by atoms with Crippen molar-refractivity contribution in [3.05, 3.63) is 58.6 Å². The minimum atomic E-state index is -0.237. The number of benzene rings is 2. The van der Waals surface area contributed by atoms with Crippen LogP contribution in [0, 0.1) is 0 Å². The maximum Gasteiger partial charge on any atom is 0.251 e. The molecule has 0 saturated carbocycles. The van der Waals surface area contributed by atoms with Crippen molar-refractivity contribution < 1.29 is 14.3 Å². The summed E-state index contributed by atoms with van der Waals surface area (Å²) in [6.07, 6.45) is 0.140. The Labute approximate surface area is 165 Å². The second-order valence-corrected chi connectivity index (χ2v) is 7.66. The van der Waals surface area contributed by atoms with Crippen LogP contribution >= 0.6 is 11.6 Å². The standard InChI is InChI=1S/C21H25ClN2O3/c1-21(2,3)15-7-5-14(6-8-15)20(26)23-12-11-19(25)24-17-13-16(22)9-10-18(17)27-4/h5-10,13H,11-12H2,1-4H3,(H,23,26)(H,24,25). The van der Waals surface area contributed by atoms with E-state index in [0.29, 0.717) is 22.0 Å². The molecule has 144 valence electrons. The van der Waals surface area contributed by atoms with Gasteiger partial charge in [0.2, 0.25) is 5.91 Å². The number of halogens is 1. The van der Waals surface area contributed by atoms with Gasteiger partial charge in [0.05, 0.1) is 12.8 Å². The van der Waals surface area contributed by atoms with Crippen LogP contribution in [0.2, 0.25) is 5.02 Å². The third-order valence-corrected chi connectivity index (χ3v) is 4.32. The van der Waals surface area contributed by atoms with E-state index < -0.39 is 0 Å². The van der Waals surface area contributed by atoms with Crippen LogP contribution in [0.4, 0.5) is 5.69 Å². The van der Waals surface area contributed by atoms with Gasteiger partial charge in [-0.2, -0.15) is 0 Å². The number of anilines is 1. The van der Waals surface area contributed by atoms with Crippen molar-refractivity contribution >= 4 is 29.1 Å². The van der Waals surface area contributed by atoms with Gasteiger partial charge in [-0.05, 0) is 41.3 Å². The quantitative estimate of drug-likeness (QED) is 0.770. The summed E-state index contributed by atoms with van der Waals surface area (Å²) < 4.78 is 5.19. The van der Waals surface area contributed by atoms with E-state index in [1.807, 2.05) is 12.1 Å². The number of hydrogen-bond acceptors (Lipinski definition) is 3. The van der Waals surface area contributed by atoms with Crippen LogP contribution in [-0.4, -0.2) is 25.5 Å². The van der Waals surface area contributed by atoms with E-state index in [4.69, 9.17) is 16.3 Å². The lowest BCUT2D eigenvalue weighted by Crippen LogP contribution is -2.27. The molecule has 0 aliphatic heterocycles. The van der Waals surface area contributed by atoms with Crippen molar-refractivity contribution in [1.29, 1.82) is 0 Å². The molecule has 27 heavy (non-hydrogen) atoms. The monoisotopic (exact) mass is 388 g/mol. The van der Waals surface area contributed by atoms with Crippen molar-refractivity contribution in [3.63, 3.8) is 0 Å². The minimum absolute atomic E-state index is 0.0362. The molecule has 2 aromatic rings. The van der Waals surface area contributed by atoms with E-state index in [1.54, 1.807) is 30.3 Å². The van der Waals surface area contributed by atoms with Crippen LogP contribution < -0.4 is 15.4 Å². The molecule has 0 atom stereocenters. The zero-order chi connectivity index (χ0) is 20.0. The summed E-state index contributed by atoms with van der Waals surface area (Å²) in [5.41, 5.74) is 2.27. The van der Waals surface area contributed by atoms with Crippen molar-refractivity contribution in [2.24, 2.45) is 0 Å². The van der Waals surface area contributed by atoms with Crippen LogP contribution in [0.1, 0.15) is 43.1 Å². The number of carbonyl (C=O) groups is 2. The van der Waals surface area contributed by atoms with Crippen LogP contribution in [0.5, 0.6) is 5.75 Å². The topological polar surface area (TPSA) is 67.4 Å². The SMILES string of the molecule is COc1ccc(Cl)cc1NC(=O)CCNC(=O)c1ccc(C(C)(C)C)cc1. The predicted octanol–water partition coefficient (Wildman–Crippen LogP) is 4.40. The number of carbonyl (C=O) groups excluding carboxylic acids is 2. The van der Waals surface area contributed by atoms with E-state index in [9.17, 15) is 9.59 Å². The van der Waals surface area contributed by atoms with E-state index in [2.05, 4.69) is 31.4 Å². The first-order chi connectivity index (χ1) is 12.7. The smallest absolute Gasteiger partial charge is 0.251 e. The first-order valence-corrected chi connectivity index (χ1v) is 9.10. The second-order valence-electron chi connectivity index (χ2n) is 7.23. The Kier molecular flexibility index (Phi) is 6.86. The molecule has 2 aromatic carbocycles. The molecule has 6 heteroatoms. The van der Waals surface area contributed by atoms with Crippen LogP contribution in [0.3, 0.4) is 0 Å². The van der Waals surface area contributed by atoms with Gasteiger partial charge >= 0.3 is 0 Å². The fourth-order valence-electron chi connectivity index (χ4n) is 2.50. The highest BCUT2D eigenvalue weighted by atomic mass is 35.5. The minimum Gasteiger partial charge on any atom is -0.495 e. The van der Waals surface area contributed by atoms with Gasteiger partial charge < -0.3 is 15.4 Å². The third-order valence-electron chi connectivity index (χ3n) is 4.09. The summed E-state index contributed by atoms with van der Waals surface area (Å²) in [4.78, 5) is 24.3. The van der Waals surface area contributed by atoms with Gasteiger partial charge in [-0.25, -0.2) is 0 Å². The van der Waals surface area contributed by atoms with E-state index in [0.717, 1.165) is 5.56 Å². The zero-order valence-electron chi connectivity index (χ0n) is 16.1. The molecule has 0 spiro atoms. The van der Waals surface area contributed by atoms with Crippen LogP contribution in [0.15, 0.2) is 42.5 Å². The average molecular weight is 389 g/mol. The maximum atomic E-state index is 12.2. The molecule has 0 fully saturated rings. The molecule has 2 N–H and O–H groups in total. The molecule has 0 radical (unpaired) electrons. The van der Waals surface area contributed by atoms with Gasteiger partial charge in [-0.15, -0.1) is 0 Å². The predicted molar refractivity (Wildman–Crippen MR) is 109 cm³/mol.